The number of halogens is 8. The zero-order chi connectivity index (χ0) is 26.1. The molecule has 15 heteroatoms. The molecule has 0 radical (unpaired) electrons. The Morgan fingerprint density at radius 2 is 1.77 bits per heavy atom. The number of ether oxygens (including phenoxy) is 1. The molecule has 0 atom stereocenters. The van der Waals surface area contributed by atoms with Crippen LogP contribution in [0.15, 0.2) is 35.2 Å². The lowest BCUT2D eigenvalue weighted by atomic mass is 10.2. The third-order valence-electron chi connectivity index (χ3n) is 4.41. The number of benzene rings is 2. The lowest BCUT2D eigenvalue weighted by molar-refractivity contribution is -0.137. The standard InChI is InChI=1S/C20H12Cl2F6N4O2S/c1-29-17-16(35-20(26,27)28)18(30-8-9-3-4-13(33)14(5-9)34-2)32(31-17)15-11(21)6-10(7-12(15)22)19(23,24)25/h3-7,30,33H,8H2,2H3. The Hall–Kier alpha value is -2.95. The second kappa shape index (κ2) is 9.96. The van der Waals surface area contributed by atoms with E-state index in [0.717, 1.165) is 4.68 Å². The Bertz CT molecular complexity index is 1280. The van der Waals surface area contributed by atoms with E-state index < -0.39 is 49.8 Å². The average molecular weight is 557 g/mol. The first kappa shape index (κ1) is 26.7. The number of nitrogens with one attached hydrogen (secondary N) is 1. The molecular formula is C20H12Cl2F6N4O2S. The highest BCUT2D eigenvalue weighted by Crippen LogP contribution is 2.48. The molecule has 0 unspecified atom stereocenters. The minimum atomic E-state index is -4.82. The van der Waals surface area contributed by atoms with E-state index in [1.807, 2.05) is 0 Å². The van der Waals surface area contributed by atoms with Crippen LogP contribution in [0.4, 0.5) is 38.0 Å². The molecule has 0 aliphatic rings. The van der Waals surface area contributed by atoms with Crippen LogP contribution in [-0.4, -0.2) is 27.5 Å². The summed E-state index contributed by atoms with van der Waals surface area (Å²) in [5.74, 6) is -1.13. The fourth-order valence-corrected chi connectivity index (χ4v) is 4.25. The summed E-state index contributed by atoms with van der Waals surface area (Å²) in [6, 6.07) is 5.26. The second-order valence-electron chi connectivity index (χ2n) is 6.72. The van der Waals surface area contributed by atoms with E-state index in [0.29, 0.717) is 17.7 Å². The van der Waals surface area contributed by atoms with Crippen molar-refractivity contribution in [1.29, 1.82) is 0 Å². The molecule has 2 aromatic carbocycles. The number of hydrogen-bond acceptors (Lipinski definition) is 5. The first-order chi connectivity index (χ1) is 16.2. The smallest absolute Gasteiger partial charge is 0.445 e. The maximum atomic E-state index is 13.3. The average Bonchev–Trinajstić information content (AvgIpc) is 3.07. The van der Waals surface area contributed by atoms with E-state index in [1.165, 1.54) is 25.3 Å². The summed E-state index contributed by atoms with van der Waals surface area (Å²) in [6.45, 7) is 7.09. The molecule has 3 rings (SSSR count). The number of thioether (sulfide) groups is 1. The Balaban J connectivity index is 2.16. The van der Waals surface area contributed by atoms with Crippen LogP contribution in [0.2, 0.25) is 10.0 Å². The maximum absolute atomic E-state index is 13.3. The lowest BCUT2D eigenvalue weighted by Crippen LogP contribution is -2.11. The largest absolute Gasteiger partial charge is 0.504 e. The van der Waals surface area contributed by atoms with Gasteiger partial charge in [-0.05, 0) is 46.7 Å². The van der Waals surface area contributed by atoms with E-state index in [-0.39, 0.29) is 29.5 Å². The van der Waals surface area contributed by atoms with Crippen LogP contribution in [0, 0.1) is 6.57 Å². The number of aromatic nitrogens is 2. The van der Waals surface area contributed by atoms with Gasteiger partial charge in [-0.2, -0.15) is 26.3 Å². The summed E-state index contributed by atoms with van der Waals surface area (Å²) in [7, 11) is 1.30. The minimum absolute atomic E-state index is 0.0957. The molecule has 3 aromatic rings. The number of rotatable bonds is 6. The number of nitrogens with zero attached hydrogens (tertiary/aromatic N) is 3. The van der Waals surface area contributed by atoms with Gasteiger partial charge in [0, 0.05) is 6.54 Å². The zero-order valence-corrected chi connectivity index (χ0v) is 19.6. The van der Waals surface area contributed by atoms with Crippen LogP contribution in [0.3, 0.4) is 0 Å². The lowest BCUT2D eigenvalue weighted by Gasteiger charge is -2.15. The molecule has 6 nitrogen and oxygen atoms in total. The van der Waals surface area contributed by atoms with E-state index in [9.17, 15) is 31.4 Å². The monoisotopic (exact) mass is 556 g/mol. The molecule has 35 heavy (non-hydrogen) atoms. The van der Waals surface area contributed by atoms with Gasteiger partial charge in [0.1, 0.15) is 5.69 Å². The number of phenolic OH excluding ortho intramolecular Hbond substituents is 1. The summed E-state index contributed by atoms with van der Waals surface area (Å²) in [4.78, 5) is 2.38. The fourth-order valence-electron chi connectivity index (χ4n) is 2.94. The molecule has 0 aliphatic heterocycles. The molecule has 1 heterocycles. The van der Waals surface area contributed by atoms with Crippen LogP contribution in [0.1, 0.15) is 11.1 Å². The van der Waals surface area contributed by atoms with Crippen molar-refractivity contribution in [2.45, 2.75) is 23.1 Å². The molecule has 0 spiro atoms. The summed E-state index contributed by atoms with van der Waals surface area (Å²) in [6.07, 6.45) is -4.78. The summed E-state index contributed by atoms with van der Waals surface area (Å²) in [5.41, 5.74) is -5.90. The zero-order valence-electron chi connectivity index (χ0n) is 17.2. The number of methoxy groups -OCH3 is 1. The van der Waals surface area contributed by atoms with E-state index in [2.05, 4.69) is 15.3 Å². The normalized spacial score (nSPS) is 11.9. The van der Waals surface area contributed by atoms with Gasteiger partial charge in [0.05, 0.1) is 27.6 Å². The second-order valence-corrected chi connectivity index (χ2v) is 8.61. The predicted molar refractivity (Wildman–Crippen MR) is 119 cm³/mol. The van der Waals surface area contributed by atoms with Gasteiger partial charge in [0.15, 0.2) is 17.3 Å². The number of alkyl halides is 6. The molecule has 186 valence electrons. The summed E-state index contributed by atoms with van der Waals surface area (Å²) in [5, 5.41) is 15.1. The van der Waals surface area contributed by atoms with Crippen LogP contribution >= 0.6 is 35.0 Å². The van der Waals surface area contributed by atoms with Crippen LogP contribution in [0.5, 0.6) is 11.5 Å². The van der Waals surface area contributed by atoms with Gasteiger partial charge in [-0.15, -0.1) is 4.68 Å². The van der Waals surface area contributed by atoms with Crippen molar-refractivity contribution >= 4 is 46.6 Å². The third kappa shape index (κ3) is 6.01. The van der Waals surface area contributed by atoms with Crippen molar-refractivity contribution < 1.29 is 36.2 Å². The van der Waals surface area contributed by atoms with Gasteiger partial charge in [-0.1, -0.05) is 35.8 Å². The number of anilines is 1. The van der Waals surface area contributed by atoms with Crippen molar-refractivity contribution in [2.24, 2.45) is 0 Å². The first-order valence-electron chi connectivity index (χ1n) is 9.17. The van der Waals surface area contributed by atoms with E-state index in [4.69, 9.17) is 34.5 Å². The molecule has 0 fully saturated rings. The van der Waals surface area contributed by atoms with Crippen LogP contribution < -0.4 is 10.1 Å². The molecule has 0 amide bonds. The van der Waals surface area contributed by atoms with Gasteiger partial charge >= 0.3 is 17.5 Å². The third-order valence-corrected chi connectivity index (χ3v) is 5.80. The highest BCUT2D eigenvalue weighted by molar-refractivity contribution is 8.00. The predicted octanol–water partition coefficient (Wildman–Crippen LogP) is 7.69. The molecule has 1 aromatic heterocycles. The highest BCUT2D eigenvalue weighted by Gasteiger charge is 2.37. The molecule has 0 aliphatic carbocycles. The summed E-state index contributed by atoms with van der Waals surface area (Å²) < 4.78 is 84.9. The maximum Gasteiger partial charge on any atom is 0.445 e. The topological polar surface area (TPSA) is 63.7 Å². The Labute approximate surface area is 208 Å². The van der Waals surface area contributed by atoms with Gasteiger partial charge in [-0.25, -0.2) is 0 Å². The van der Waals surface area contributed by atoms with Gasteiger partial charge in [0.25, 0.3) is 0 Å². The molecule has 0 bridgehead atoms. The number of hydrogen-bond donors (Lipinski definition) is 2. The van der Waals surface area contributed by atoms with Crippen molar-refractivity contribution in [1.82, 2.24) is 9.78 Å². The number of aromatic hydroxyl groups is 1. The van der Waals surface area contributed by atoms with E-state index in [1.54, 1.807) is 0 Å². The SMILES string of the molecule is [C-]#[N+]c1nn(-c2c(Cl)cc(C(F)(F)F)cc2Cl)c(NCc2ccc(O)c(OC)c2)c1SC(F)(F)F. The molecule has 0 saturated carbocycles. The molecular weight excluding hydrogens is 545 g/mol. The minimum Gasteiger partial charge on any atom is -0.504 e. The molecule has 0 saturated heterocycles. The fraction of sp³-hybridized carbons (Fsp3) is 0.200. The highest BCUT2D eigenvalue weighted by atomic mass is 35.5. The van der Waals surface area contributed by atoms with Crippen LogP contribution in [-0.2, 0) is 12.7 Å². The van der Waals surface area contributed by atoms with Gasteiger partial charge in [-0.3, -0.25) is 0 Å². The van der Waals surface area contributed by atoms with Crippen molar-refractivity contribution in [3.8, 4) is 17.2 Å². The first-order valence-corrected chi connectivity index (χ1v) is 10.7. The Morgan fingerprint density at radius 1 is 1.14 bits per heavy atom. The van der Waals surface area contributed by atoms with Gasteiger partial charge < -0.3 is 20.0 Å². The van der Waals surface area contributed by atoms with Crippen molar-refractivity contribution in [3.05, 3.63) is 62.9 Å². The number of phenols is 1. The van der Waals surface area contributed by atoms with Gasteiger partial charge in [0.2, 0.25) is 0 Å². The Morgan fingerprint density at radius 3 is 2.29 bits per heavy atom. The van der Waals surface area contributed by atoms with Crippen molar-refractivity contribution in [2.75, 3.05) is 12.4 Å². The Kier molecular flexibility index (Phi) is 7.59. The van der Waals surface area contributed by atoms with Crippen molar-refractivity contribution in [3.63, 3.8) is 0 Å². The quantitative estimate of drug-likeness (QED) is 0.185. The van der Waals surface area contributed by atoms with Crippen LogP contribution in [0.25, 0.3) is 10.5 Å². The molecule has 2 N–H and O–H groups in total. The van der Waals surface area contributed by atoms with E-state index >= 15 is 0 Å². The summed E-state index contributed by atoms with van der Waals surface area (Å²) >= 11 is 11.4.